The van der Waals surface area contributed by atoms with E-state index in [0.29, 0.717) is 5.88 Å². The molecule has 5 nitrogen and oxygen atoms in total. The Labute approximate surface area is 152 Å². The lowest BCUT2D eigenvalue weighted by atomic mass is 10.1. The van der Waals surface area contributed by atoms with Crippen LogP contribution in [0.15, 0.2) is 54.6 Å². The highest BCUT2D eigenvalue weighted by molar-refractivity contribution is 5.97. The number of hydrogen-bond acceptors (Lipinski definition) is 4. The molecule has 1 heterocycles. The van der Waals surface area contributed by atoms with Crippen LogP contribution < -0.4 is 14.8 Å². The van der Waals surface area contributed by atoms with Crippen molar-refractivity contribution in [2.75, 3.05) is 19.5 Å². The zero-order valence-electron chi connectivity index (χ0n) is 14.7. The van der Waals surface area contributed by atoms with Gasteiger partial charge in [-0.05, 0) is 48.2 Å². The van der Waals surface area contributed by atoms with Crippen LogP contribution in [0.4, 0.5) is 5.69 Å². The van der Waals surface area contributed by atoms with Gasteiger partial charge in [0.2, 0.25) is 11.8 Å². The van der Waals surface area contributed by atoms with Crippen LogP contribution >= 0.6 is 0 Å². The minimum Gasteiger partial charge on any atom is -0.496 e. The fourth-order valence-corrected chi connectivity index (χ4v) is 3.33. The molecule has 1 aromatic heterocycles. The first kappa shape index (κ1) is 16.4. The van der Waals surface area contributed by atoms with Gasteiger partial charge in [0.25, 0.3) is 0 Å². The van der Waals surface area contributed by atoms with Crippen molar-refractivity contribution >= 4 is 22.5 Å². The average molecular weight is 348 g/mol. The third kappa shape index (κ3) is 3.08. The zero-order valence-corrected chi connectivity index (χ0v) is 14.7. The maximum absolute atomic E-state index is 12.6. The number of amides is 1. The Hall–Kier alpha value is -3.08. The summed E-state index contributed by atoms with van der Waals surface area (Å²) in [7, 11) is 3.25. The SMILES string of the molecule is COc1ccc2cc(NC(=O)C3CC3c3ccccc3OC)ccc2n1. The van der Waals surface area contributed by atoms with E-state index in [1.54, 1.807) is 14.2 Å². The topological polar surface area (TPSA) is 60.5 Å². The number of nitrogens with zero attached hydrogens (tertiary/aromatic N) is 1. The molecule has 0 aliphatic heterocycles. The van der Waals surface area contributed by atoms with Gasteiger partial charge in [-0.3, -0.25) is 4.79 Å². The second-order valence-electron chi connectivity index (χ2n) is 6.44. The molecule has 132 valence electrons. The molecule has 1 saturated carbocycles. The number of nitrogens with one attached hydrogen (secondary N) is 1. The quantitative estimate of drug-likeness (QED) is 0.757. The molecule has 1 N–H and O–H groups in total. The molecule has 0 radical (unpaired) electrons. The number of anilines is 1. The number of pyridine rings is 1. The molecule has 2 aromatic carbocycles. The number of carbonyl (C=O) groups is 1. The minimum atomic E-state index is -0.0176. The molecule has 2 unspecified atom stereocenters. The fourth-order valence-electron chi connectivity index (χ4n) is 3.33. The van der Waals surface area contributed by atoms with E-state index in [1.807, 2.05) is 54.6 Å². The van der Waals surface area contributed by atoms with E-state index in [4.69, 9.17) is 9.47 Å². The van der Waals surface area contributed by atoms with Gasteiger partial charge in [0.15, 0.2) is 0 Å². The zero-order chi connectivity index (χ0) is 18.1. The van der Waals surface area contributed by atoms with Gasteiger partial charge in [-0.25, -0.2) is 4.98 Å². The van der Waals surface area contributed by atoms with Gasteiger partial charge in [0.05, 0.1) is 19.7 Å². The van der Waals surface area contributed by atoms with Crippen LogP contribution in [0.2, 0.25) is 0 Å². The maximum atomic E-state index is 12.6. The van der Waals surface area contributed by atoms with E-state index in [0.717, 1.165) is 34.3 Å². The Morgan fingerprint density at radius 1 is 1.08 bits per heavy atom. The van der Waals surface area contributed by atoms with Crippen LogP contribution in [-0.2, 0) is 4.79 Å². The van der Waals surface area contributed by atoms with E-state index in [2.05, 4.69) is 10.3 Å². The van der Waals surface area contributed by atoms with E-state index >= 15 is 0 Å². The summed E-state index contributed by atoms with van der Waals surface area (Å²) in [5.74, 6) is 1.67. The molecule has 4 rings (SSSR count). The largest absolute Gasteiger partial charge is 0.496 e. The third-order valence-electron chi connectivity index (χ3n) is 4.81. The molecule has 1 aliphatic rings. The molecule has 1 amide bonds. The van der Waals surface area contributed by atoms with Crippen LogP contribution in [0.5, 0.6) is 11.6 Å². The molecular formula is C21H20N2O3. The summed E-state index contributed by atoms with van der Waals surface area (Å²) in [6.45, 7) is 0. The highest BCUT2D eigenvalue weighted by Gasteiger charge is 2.45. The van der Waals surface area contributed by atoms with Gasteiger partial charge >= 0.3 is 0 Å². The van der Waals surface area contributed by atoms with Crippen molar-refractivity contribution in [3.63, 3.8) is 0 Å². The van der Waals surface area contributed by atoms with Crippen LogP contribution in [0.25, 0.3) is 10.9 Å². The lowest BCUT2D eigenvalue weighted by Crippen LogP contribution is -2.14. The van der Waals surface area contributed by atoms with E-state index in [9.17, 15) is 4.79 Å². The Balaban J connectivity index is 1.48. The third-order valence-corrected chi connectivity index (χ3v) is 4.81. The van der Waals surface area contributed by atoms with Gasteiger partial charge in [0, 0.05) is 23.1 Å². The summed E-state index contributed by atoms with van der Waals surface area (Å²) >= 11 is 0. The molecule has 3 aromatic rings. The molecule has 0 bridgehead atoms. The molecule has 0 saturated heterocycles. The minimum absolute atomic E-state index is 0.0176. The molecule has 0 spiro atoms. The molecular weight excluding hydrogens is 328 g/mol. The van der Waals surface area contributed by atoms with Crippen molar-refractivity contribution in [3.05, 3.63) is 60.2 Å². The summed E-state index contributed by atoms with van der Waals surface area (Å²) < 4.78 is 10.5. The molecule has 5 heteroatoms. The monoisotopic (exact) mass is 348 g/mol. The van der Waals surface area contributed by atoms with Gasteiger partial charge < -0.3 is 14.8 Å². The Bertz CT molecular complexity index is 970. The number of para-hydroxylation sites is 1. The van der Waals surface area contributed by atoms with E-state index in [-0.39, 0.29) is 17.7 Å². The van der Waals surface area contributed by atoms with Gasteiger partial charge in [-0.15, -0.1) is 0 Å². The first-order chi connectivity index (χ1) is 12.7. The number of fused-ring (bicyclic) bond motifs is 1. The van der Waals surface area contributed by atoms with Crippen LogP contribution in [-0.4, -0.2) is 25.1 Å². The summed E-state index contributed by atoms with van der Waals surface area (Å²) in [5, 5.41) is 3.98. The van der Waals surface area contributed by atoms with E-state index in [1.165, 1.54) is 0 Å². The number of methoxy groups -OCH3 is 2. The number of aromatic nitrogens is 1. The Morgan fingerprint density at radius 2 is 1.92 bits per heavy atom. The van der Waals surface area contributed by atoms with Gasteiger partial charge in [-0.1, -0.05) is 18.2 Å². The summed E-state index contributed by atoms with van der Waals surface area (Å²) in [6, 6.07) is 17.3. The highest BCUT2D eigenvalue weighted by atomic mass is 16.5. The van der Waals surface area contributed by atoms with Crippen molar-refractivity contribution < 1.29 is 14.3 Å². The summed E-state index contributed by atoms with van der Waals surface area (Å²) in [6.07, 6.45) is 0.846. The average Bonchev–Trinajstić information content (AvgIpc) is 3.48. The highest BCUT2D eigenvalue weighted by Crippen LogP contribution is 2.50. The smallest absolute Gasteiger partial charge is 0.228 e. The van der Waals surface area contributed by atoms with Crippen LogP contribution in [0.1, 0.15) is 17.9 Å². The van der Waals surface area contributed by atoms with Crippen LogP contribution in [0, 0.1) is 5.92 Å². The maximum Gasteiger partial charge on any atom is 0.228 e. The number of rotatable bonds is 5. The molecule has 2 atom stereocenters. The van der Waals surface area contributed by atoms with Gasteiger partial charge in [-0.2, -0.15) is 0 Å². The first-order valence-corrected chi connectivity index (χ1v) is 8.58. The second kappa shape index (κ2) is 6.67. The number of ether oxygens (including phenoxy) is 2. The predicted molar refractivity (Wildman–Crippen MR) is 101 cm³/mol. The lowest BCUT2D eigenvalue weighted by molar-refractivity contribution is -0.117. The molecule has 1 aliphatic carbocycles. The number of hydrogen-bond donors (Lipinski definition) is 1. The fraction of sp³-hybridized carbons (Fsp3) is 0.238. The number of carbonyl (C=O) groups excluding carboxylic acids is 1. The van der Waals surface area contributed by atoms with Gasteiger partial charge in [0.1, 0.15) is 5.75 Å². The van der Waals surface area contributed by atoms with Crippen molar-refractivity contribution in [1.29, 1.82) is 0 Å². The van der Waals surface area contributed by atoms with Crippen molar-refractivity contribution in [3.8, 4) is 11.6 Å². The Kier molecular flexibility index (Phi) is 4.21. The predicted octanol–water partition coefficient (Wildman–Crippen LogP) is 3.99. The van der Waals surface area contributed by atoms with Crippen molar-refractivity contribution in [2.45, 2.75) is 12.3 Å². The van der Waals surface area contributed by atoms with Crippen LogP contribution in [0.3, 0.4) is 0 Å². The van der Waals surface area contributed by atoms with Crippen molar-refractivity contribution in [1.82, 2.24) is 4.98 Å². The number of benzene rings is 2. The van der Waals surface area contributed by atoms with E-state index < -0.39 is 0 Å². The summed E-state index contributed by atoms with van der Waals surface area (Å²) in [4.78, 5) is 17.0. The van der Waals surface area contributed by atoms with Crippen molar-refractivity contribution in [2.24, 2.45) is 5.92 Å². The molecule has 26 heavy (non-hydrogen) atoms. The Morgan fingerprint density at radius 3 is 2.73 bits per heavy atom. The second-order valence-corrected chi connectivity index (χ2v) is 6.44. The first-order valence-electron chi connectivity index (χ1n) is 8.58. The summed E-state index contributed by atoms with van der Waals surface area (Å²) in [5.41, 5.74) is 2.71. The lowest BCUT2D eigenvalue weighted by Gasteiger charge is -2.09. The standard InChI is InChI=1S/C21H20N2O3/c1-25-19-6-4-3-5-15(19)16-12-17(16)21(24)22-14-8-9-18-13(11-14)7-10-20(23-18)26-2/h3-11,16-17H,12H2,1-2H3,(H,22,24). The molecule has 1 fully saturated rings. The normalized spacial score (nSPS) is 18.4.